The summed E-state index contributed by atoms with van der Waals surface area (Å²) in [7, 11) is 0. The first-order valence-electron chi connectivity index (χ1n) is 11.3. The Hall–Kier alpha value is -2.41. The Morgan fingerprint density at radius 2 is 1.91 bits per heavy atom. The van der Waals surface area contributed by atoms with E-state index in [1.165, 1.54) is 6.26 Å². The molecule has 0 radical (unpaired) electrons. The van der Waals surface area contributed by atoms with Gasteiger partial charge in [-0.3, -0.25) is 14.4 Å². The van der Waals surface area contributed by atoms with Crippen molar-refractivity contribution in [2.45, 2.75) is 77.1 Å². The molecule has 6 atom stereocenters. The number of hydrogen-bond donors (Lipinski definition) is 1. The molecule has 3 aliphatic heterocycles. The van der Waals surface area contributed by atoms with Gasteiger partial charge in [-0.05, 0) is 46.1 Å². The number of esters is 2. The first-order chi connectivity index (χ1) is 14.9. The van der Waals surface area contributed by atoms with Gasteiger partial charge in [0.15, 0.2) is 0 Å². The number of furan rings is 1. The number of carbonyl (C=O) groups excluding carboxylic acids is 3. The number of Topliss-reactive ketones (excluding diaryl/α,β-unsaturated/α-hetero) is 1. The van der Waals surface area contributed by atoms with Crippen LogP contribution in [0.5, 0.6) is 0 Å². The molecule has 32 heavy (non-hydrogen) atoms. The van der Waals surface area contributed by atoms with Gasteiger partial charge in [0, 0.05) is 29.2 Å². The number of fused-ring (bicyclic) bond motifs is 2. The molecular weight excluding hydrogens is 412 g/mol. The molecule has 3 fully saturated rings. The van der Waals surface area contributed by atoms with Crippen molar-refractivity contribution in [3.63, 3.8) is 0 Å². The van der Waals surface area contributed by atoms with Crippen LogP contribution in [-0.2, 0) is 23.9 Å². The summed E-state index contributed by atoms with van der Waals surface area (Å²) in [6, 6.07) is 1.78. The van der Waals surface area contributed by atoms with Crippen LogP contribution in [0.1, 0.15) is 71.5 Å². The second kappa shape index (κ2) is 6.56. The highest BCUT2D eigenvalue weighted by Crippen LogP contribution is 2.63. The zero-order chi connectivity index (χ0) is 23.1. The van der Waals surface area contributed by atoms with Gasteiger partial charge in [0.1, 0.15) is 22.9 Å². The summed E-state index contributed by atoms with van der Waals surface area (Å²) in [5, 5.41) is 11.7. The zero-order valence-corrected chi connectivity index (χ0v) is 19.0. The molecule has 7 heteroatoms. The van der Waals surface area contributed by atoms with Crippen molar-refractivity contribution < 1.29 is 33.4 Å². The fourth-order valence-electron chi connectivity index (χ4n) is 6.86. The number of ketones is 1. The van der Waals surface area contributed by atoms with Crippen molar-refractivity contribution in [1.29, 1.82) is 0 Å². The molecule has 1 aromatic rings. The van der Waals surface area contributed by atoms with Crippen LogP contribution in [0.25, 0.3) is 0 Å². The lowest BCUT2D eigenvalue weighted by molar-refractivity contribution is -0.174. The lowest BCUT2D eigenvalue weighted by Gasteiger charge is -2.44. The van der Waals surface area contributed by atoms with E-state index in [0.29, 0.717) is 19.3 Å². The number of aliphatic hydroxyl groups is 1. The van der Waals surface area contributed by atoms with Crippen LogP contribution in [0.3, 0.4) is 0 Å². The maximum atomic E-state index is 13.5. The highest BCUT2D eigenvalue weighted by atomic mass is 16.6. The Bertz CT molecular complexity index is 1020. The molecule has 5 aliphatic rings. The Labute approximate surface area is 187 Å². The highest BCUT2D eigenvalue weighted by molar-refractivity contribution is 5.98. The molecular formula is C25H30O7. The second-order valence-electron chi connectivity index (χ2n) is 11.0. The minimum absolute atomic E-state index is 0.0551. The smallest absolute Gasteiger partial charge is 0.320 e. The van der Waals surface area contributed by atoms with Crippen LogP contribution in [-0.4, -0.2) is 34.0 Å². The van der Waals surface area contributed by atoms with Crippen molar-refractivity contribution in [3.05, 3.63) is 35.8 Å². The topological polar surface area (TPSA) is 103 Å². The number of hydrogen-bond acceptors (Lipinski definition) is 7. The summed E-state index contributed by atoms with van der Waals surface area (Å²) in [5.74, 6) is -1.78. The predicted molar refractivity (Wildman–Crippen MR) is 112 cm³/mol. The van der Waals surface area contributed by atoms with E-state index in [9.17, 15) is 19.5 Å². The first kappa shape index (κ1) is 21.4. The summed E-state index contributed by atoms with van der Waals surface area (Å²) in [5.41, 5.74) is -2.38. The molecule has 2 bridgehead atoms. The Balaban J connectivity index is 1.49. The van der Waals surface area contributed by atoms with Crippen molar-refractivity contribution in [2.24, 2.45) is 22.7 Å². The number of rotatable bonds is 4. The van der Waals surface area contributed by atoms with Gasteiger partial charge in [0.25, 0.3) is 0 Å². The number of ether oxygens (including phenoxy) is 2. The number of carbonyl (C=O) groups is 3. The normalized spacial score (nSPS) is 42.3. The van der Waals surface area contributed by atoms with Crippen molar-refractivity contribution >= 4 is 17.7 Å². The molecule has 0 amide bonds. The summed E-state index contributed by atoms with van der Waals surface area (Å²) in [6.07, 6.45) is 5.77. The largest absolute Gasteiger partial charge is 0.472 e. The molecule has 6 rings (SSSR count). The van der Waals surface area contributed by atoms with Gasteiger partial charge < -0.3 is 19.0 Å². The average molecular weight is 443 g/mol. The van der Waals surface area contributed by atoms with Crippen molar-refractivity contribution in [1.82, 2.24) is 0 Å². The standard InChI is InChI=1S/C25H30O7/c1-14-9-25-16(5-7-23(4)12-19(27)31-20(23)15-6-8-30-13-15)18(26)11-24(25,29)10-17(14)22(2,3)32-21(25)28/h6,8-9,13,16-17,20,29H,5,7,10-12H2,1-4H3/t16-,17-,20+,23?,24-,25-/m1/s1. The molecule has 4 heterocycles. The van der Waals surface area contributed by atoms with Crippen LogP contribution < -0.4 is 0 Å². The van der Waals surface area contributed by atoms with Gasteiger partial charge >= 0.3 is 11.9 Å². The quantitative estimate of drug-likeness (QED) is 0.561. The van der Waals surface area contributed by atoms with Crippen LogP contribution in [0.15, 0.2) is 34.7 Å². The molecule has 1 spiro atoms. The van der Waals surface area contributed by atoms with Gasteiger partial charge in [-0.25, -0.2) is 0 Å². The number of cyclic esters (lactones) is 1. The molecule has 1 aromatic heterocycles. The first-order valence-corrected chi connectivity index (χ1v) is 11.3. The highest BCUT2D eigenvalue weighted by Gasteiger charge is 2.72. The Kier molecular flexibility index (Phi) is 4.40. The molecule has 7 nitrogen and oxygen atoms in total. The fraction of sp³-hybridized carbons (Fsp3) is 0.640. The lowest BCUT2D eigenvalue weighted by Crippen LogP contribution is -2.53. The van der Waals surface area contributed by atoms with E-state index in [1.807, 2.05) is 33.8 Å². The summed E-state index contributed by atoms with van der Waals surface area (Å²) in [4.78, 5) is 38.9. The predicted octanol–water partition coefficient (Wildman–Crippen LogP) is 3.66. The summed E-state index contributed by atoms with van der Waals surface area (Å²) >= 11 is 0. The van der Waals surface area contributed by atoms with Gasteiger partial charge in [-0.15, -0.1) is 0 Å². The molecule has 0 aromatic carbocycles. The molecule has 2 saturated heterocycles. The van der Waals surface area contributed by atoms with E-state index in [1.54, 1.807) is 12.3 Å². The monoisotopic (exact) mass is 442 g/mol. The minimum Gasteiger partial charge on any atom is -0.472 e. The molecule has 1 saturated carbocycles. The maximum Gasteiger partial charge on any atom is 0.320 e. The third-order valence-electron chi connectivity index (χ3n) is 8.54. The SMILES string of the molecule is CC1=C[C@@]23C(=O)OC(C)(C)[C@@H]1C[C@@]2(O)CC(=O)[C@H]3CCC1(C)CC(=O)O[C@H]1c1ccoc1. The third kappa shape index (κ3) is 2.73. The minimum atomic E-state index is -1.45. The van der Waals surface area contributed by atoms with E-state index < -0.39 is 40.0 Å². The average Bonchev–Trinajstić information content (AvgIpc) is 3.33. The van der Waals surface area contributed by atoms with Crippen LogP contribution >= 0.6 is 0 Å². The molecule has 1 unspecified atom stereocenters. The maximum absolute atomic E-state index is 13.5. The zero-order valence-electron chi connectivity index (χ0n) is 19.0. The van der Waals surface area contributed by atoms with Gasteiger partial charge in [-0.2, -0.15) is 0 Å². The van der Waals surface area contributed by atoms with Gasteiger partial charge in [0.2, 0.25) is 0 Å². The van der Waals surface area contributed by atoms with E-state index in [0.717, 1.165) is 11.1 Å². The van der Waals surface area contributed by atoms with E-state index in [2.05, 4.69) is 0 Å². The summed E-state index contributed by atoms with van der Waals surface area (Å²) < 4.78 is 16.7. The summed E-state index contributed by atoms with van der Waals surface area (Å²) in [6.45, 7) is 7.65. The fourth-order valence-corrected chi connectivity index (χ4v) is 6.86. The molecule has 2 aliphatic carbocycles. The third-order valence-corrected chi connectivity index (χ3v) is 8.54. The van der Waals surface area contributed by atoms with E-state index in [-0.39, 0.29) is 30.5 Å². The lowest BCUT2D eigenvalue weighted by atomic mass is 9.59. The van der Waals surface area contributed by atoms with Crippen LogP contribution in [0.2, 0.25) is 0 Å². The van der Waals surface area contributed by atoms with Gasteiger partial charge in [-0.1, -0.05) is 18.6 Å². The Morgan fingerprint density at radius 3 is 2.59 bits per heavy atom. The Morgan fingerprint density at radius 1 is 1.16 bits per heavy atom. The van der Waals surface area contributed by atoms with Crippen molar-refractivity contribution in [3.8, 4) is 0 Å². The molecule has 1 N–H and O–H groups in total. The second-order valence-corrected chi connectivity index (χ2v) is 11.0. The van der Waals surface area contributed by atoms with Crippen LogP contribution in [0, 0.1) is 22.7 Å². The van der Waals surface area contributed by atoms with E-state index >= 15 is 0 Å². The van der Waals surface area contributed by atoms with Crippen LogP contribution in [0.4, 0.5) is 0 Å². The molecule has 172 valence electrons. The van der Waals surface area contributed by atoms with Crippen molar-refractivity contribution in [2.75, 3.05) is 0 Å². The van der Waals surface area contributed by atoms with Gasteiger partial charge in [0.05, 0.1) is 24.5 Å². The van der Waals surface area contributed by atoms with E-state index in [4.69, 9.17) is 13.9 Å².